The molecule has 5 fully saturated rings. The molecule has 1 atom stereocenters. The van der Waals surface area contributed by atoms with Crippen LogP contribution in [0.1, 0.15) is 113 Å². The molecule has 4 aliphatic heterocycles. The van der Waals surface area contributed by atoms with Gasteiger partial charge in [-0.25, -0.2) is 9.78 Å². The van der Waals surface area contributed by atoms with Gasteiger partial charge in [-0.2, -0.15) is 10.1 Å². The predicted molar refractivity (Wildman–Crippen MR) is 266 cm³/mol. The van der Waals surface area contributed by atoms with Crippen LogP contribution in [0.4, 0.5) is 23.1 Å². The van der Waals surface area contributed by atoms with E-state index in [2.05, 4.69) is 52.9 Å². The minimum absolute atomic E-state index is 0.00408. The fourth-order valence-corrected chi connectivity index (χ4v) is 10.9. The highest BCUT2D eigenvalue weighted by molar-refractivity contribution is 6.01. The van der Waals surface area contributed by atoms with Gasteiger partial charge in [0, 0.05) is 114 Å². The van der Waals surface area contributed by atoms with Crippen LogP contribution < -0.4 is 20.9 Å². The normalized spacial score (nSPS) is 21.9. The van der Waals surface area contributed by atoms with Crippen LogP contribution in [-0.2, 0) is 21.4 Å². The monoisotopic (exact) mass is 957 g/mol. The van der Waals surface area contributed by atoms with Gasteiger partial charge in [0.05, 0.1) is 30.1 Å². The van der Waals surface area contributed by atoms with Crippen LogP contribution in [0.25, 0.3) is 0 Å². The van der Waals surface area contributed by atoms with Gasteiger partial charge in [0.1, 0.15) is 11.4 Å². The number of hydrogen-bond donors (Lipinski definition) is 3. The topological polar surface area (TPSA) is 190 Å². The molecule has 5 aliphatic rings. The van der Waals surface area contributed by atoms with Gasteiger partial charge in [-0.05, 0) is 120 Å². The van der Waals surface area contributed by atoms with E-state index in [1.807, 2.05) is 59.4 Å². The van der Waals surface area contributed by atoms with E-state index in [9.17, 15) is 24.0 Å². The van der Waals surface area contributed by atoms with Crippen molar-refractivity contribution in [1.29, 1.82) is 0 Å². The molecule has 18 heteroatoms. The largest absolute Gasteiger partial charge is 0.462 e. The Morgan fingerprint density at radius 1 is 0.771 bits per heavy atom. The number of nitrogens with one attached hydrogen (secondary N) is 3. The quantitative estimate of drug-likeness (QED) is 0.110. The number of benzene rings is 2. The SMILES string of the molecule is CCOC(=O)c1c(C)nc(Nc2cnn(C)c2)nc1NC1CCC(N2CCN(C(=O)c3ccc(C(=O)N4CCC(CCN5CCN(c6ccc(C7CCC(=O)NC7=O)cc6)CC5)CC4)cc3)CC2)CC1. The molecule has 2 aromatic heterocycles. The summed E-state index contributed by atoms with van der Waals surface area (Å²) < 4.78 is 7.07. The lowest BCUT2D eigenvalue weighted by molar-refractivity contribution is -0.134. The minimum Gasteiger partial charge on any atom is -0.462 e. The van der Waals surface area contributed by atoms with E-state index in [4.69, 9.17) is 9.72 Å². The molecule has 372 valence electrons. The summed E-state index contributed by atoms with van der Waals surface area (Å²) in [6.07, 6.45) is 11.4. The highest BCUT2D eigenvalue weighted by Gasteiger charge is 2.33. The lowest BCUT2D eigenvalue weighted by Gasteiger charge is -2.42. The summed E-state index contributed by atoms with van der Waals surface area (Å²) in [4.78, 5) is 84.7. The van der Waals surface area contributed by atoms with Crippen molar-refractivity contribution in [2.75, 3.05) is 94.1 Å². The Morgan fingerprint density at radius 2 is 1.43 bits per heavy atom. The first-order valence-corrected chi connectivity index (χ1v) is 25.4. The average molecular weight is 957 g/mol. The van der Waals surface area contributed by atoms with Gasteiger partial charge in [0.15, 0.2) is 0 Å². The molecule has 1 aliphatic carbocycles. The summed E-state index contributed by atoms with van der Waals surface area (Å²) >= 11 is 0. The molecule has 1 saturated carbocycles. The van der Waals surface area contributed by atoms with E-state index in [0.717, 1.165) is 115 Å². The Morgan fingerprint density at radius 3 is 2.04 bits per heavy atom. The molecule has 0 bridgehead atoms. The maximum Gasteiger partial charge on any atom is 0.343 e. The molecule has 4 amide bonds. The number of carbonyl (C=O) groups is 5. The Labute approximate surface area is 410 Å². The molecule has 2 aromatic carbocycles. The number of amides is 4. The third kappa shape index (κ3) is 11.6. The van der Waals surface area contributed by atoms with E-state index < -0.39 is 5.97 Å². The third-order valence-electron chi connectivity index (χ3n) is 15.1. The lowest BCUT2D eigenvalue weighted by atomic mass is 9.89. The molecule has 9 rings (SSSR count). The van der Waals surface area contributed by atoms with Crippen molar-refractivity contribution in [3.05, 3.63) is 88.9 Å². The Bertz CT molecular complexity index is 2480. The van der Waals surface area contributed by atoms with E-state index in [0.29, 0.717) is 72.0 Å². The number of anilines is 4. The molecule has 4 saturated heterocycles. The van der Waals surface area contributed by atoms with Crippen molar-refractivity contribution in [3.63, 3.8) is 0 Å². The van der Waals surface area contributed by atoms with E-state index in [1.165, 1.54) is 5.69 Å². The fraction of sp³-hybridized carbons (Fsp3) is 0.538. The van der Waals surface area contributed by atoms with Crippen molar-refractivity contribution in [1.82, 2.24) is 44.7 Å². The molecule has 3 N–H and O–H groups in total. The van der Waals surface area contributed by atoms with E-state index in [1.54, 1.807) is 24.7 Å². The summed E-state index contributed by atoms with van der Waals surface area (Å²) in [5.74, 6) is 0.387. The first-order chi connectivity index (χ1) is 34.0. The van der Waals surface area contributed by atoms with Crippen molar-refractivity contribution >= 4 is 52.7 Å². The van der Waals surface area contributed by atoms with Crippen molar-refractivity contribution in [3.8, 4) is 0 Å². The van der Waals surface area contributed by atoms with Crippen molar-refractivity contribution in [2.24, 2.45) is 13.0 Å². The fourth-order valence-electron chi connectivity index (χ4n) is 10.9. The molecule has 0 spiro atoms. The third-order valence-corrected chi connectivity index (χ3v) is 15.1. The molecule has 18 nitrogen and oxygen atoms in total. The maximum atomic E-state index is 13.6. The van der Waals surface area contributed by atoms with Crippen LogP contribution in [0.3, 0.4) is 0 Å². The summed E-state index contributed by atoms with van der Waals surface area (Å²) in [7, 11) is 1.84. The lowest BCUT2D eigenvalue weighted by Crippen LogP contribution is -2.53. The first kappa shape index (κ1) is 48.6. The van der Waals surface area contributed by atoms with Gasteiger partial charge in [0.2, 0.25) is 17.8 Å². The van der Waals surface area contributed by atoms with Gasteiger partial charge in [-0.15, -0.1) is 0 Å². The van der Waals surface area contributed by atoms with E-state index >= 15 is 0 Å². The Balaban J connectivity index is 0.673. The highest BCUT2D eigenvalue weighted by atomic mass is 16.5. The molecular formula is C52H68N12O6. The number of imide groups is 1. The smallest absolute Gasteiger partial charge is 0.343 e. The zero-order chi connectivity index (χ0) is 48.7. The van der Waals surface area contributed by atoms with Gasteiger partial charge in [0.25, 0.3) is 11.8 Å². The number of nitrogens with zero attached hydrogens (tertiary/aromatic N) is 9. The minimum atomic E-state index is -0.445. The maximum absolute atomic E-state index is 13.6. The van der Waals surface area contributed by atoms with Gasteiger partial charge >= 0.3 is 5.97 Å². The molecule has 1 unspecified atom stereocenters. The number of rotatable bonds is 14. The number of likely N-dealkylation sites (tertiary alicyclic amines) is 1. The molecule has 6 heterocycles. The second-order valence-corrected chi connectivity index (χ2v) is 19.6. The van der Waals surface area contributed by atoms with Gasteiger partial charge < -0.3 is 30.1 Å². The van der Waals surface area contributed by atoms with Crippen molar-refractivity contribution in [2.45, 2.75) is 89.6 Å². The predicted octanol–water partition coefficient (Wildman–Crippen LogP) is 5.20. The van der Waals surface area contributed by atoms with Crippen LogP contribution >= 0.6 is 0 Å². The van der Waals surface area contributed by atoms with Gasteiger partial charge in [-0.1, -0.05) is 12.1 Å². The Kier molecular flexibility index (Phi) is 15.4. The van der Waals surface area contributed by atoms with Crippen LogP contribution in [0, 0.1) is 12.8 Å². The average Bonchev–Trinajstić information content (AvgIpc) is 3.79. The van der Waals surface area contributed by atoms with Gasteiger partial charge in [-0.3, -0.25) is 39.0 Å². The Hall–Kier alpha value is -6.40. The molecular weight excluding hydrogens is 889 g/mol. The molecule has 70 heavy (non-hydrogen) atoms. The summed E-state index contributed by atoms with van der Waals surface area (Å²) in [6, 6.07) is 16.1. The zero-order valence-electron chi connectivity index (χ0n) is 40.9. The second kappa shape index (κ2) is 22.1. The molecule has 0 radical (unpaired) electrons. The summed E-state index contributed by atoms with van der Waals surface area (Å²) in [6.45, 7) is 13.2. The number of ether oxygens (including phenoxy) is 1. The number of piperazine rings is 2. The van der Waals surface area contributed by atoms with Crippen LogP contribution in [-0.4, -0.2) is 160 Å². The zero-order valence-corrected chi connectivity index (χ0v) is 40.9. The van der Waals surface area contributed by atoms with Crippen molar-refractivity contribution < 1.29 is 28.7 Å². The number of piperidine rings is 2. The first-order valence-electron chi connectivity index (χ1n) is 25.4. The standard InChI is InChI=1S/C52H68N12O6/c1-4-70-51(69)46-35(2)54-52(56-41-33-53-59(3)34-41)58-47(46)55-40-11-15-43(16-12-40)62-29-31-64(32-30-62)50(68)39-7-5-38(6-8-39)49(67)63-23-20-36(21-24-63)19-22-60-25-27-61(28-26-60)42-13-9-37(10-14-42)44-17-18-45(65)57-48(44)66/h5-10,13-14,33-34,36,40,43-44H,4,11-12,15-32H2,1-3H3,(H,57,65,66)(H2,54,55,56,58). The van der Waals surface area contributed by atoms with Crippen LogP contribution in [0.15, 0.2) is 60.9 Å². The summed E-state index contributed by atoms with van der Waals surface area (Å²) in [5.41, 5.74) is 5.00. The number of hydrogen-bond acceptors (Lipinski definition) is 14. The van der Waals surface area contributed by atoms with Crippen LogP contribution in [0.2, 0.25) is 0 Å². The number of aryl methyl sites for hydroxylation is 2. The molecule has 4 aromatic rings. The number of aromatic nitrogens is 4. The van der Waals surface area contributed by atoms with Crippen LogP contribution in [0.5, 0.6) is 0 Å². The number of esters is 1. The summed E-state index contributed by atoms with van der Waals surface area (Å²) in [5, 5.41) is 13.4. The second-order valence-electron chi connectivity index (χ2n) is 19.6. The van der Waals surface area contributed by atoms with E-state index in [-0.39, 0.29) is 42.2 Å². The number of carbonyl (C=O) groups excluding carboxylic acids is 5. The highest BCUT2D eigenvalue weighted by Crippen LogP contribution is 2.31.